The van der Waals surface area contributed by atoms with Crippen LogP contribution < -0.4 is 14.5 Å². The molecule has 27 heavy (non-hydrogen) atoms. The summed E-state index contributed by atoms with van der Waals surface area (Å²) in [5.74, 6) is -0.412. The second kappa shape index (κ2) is 9.13. The van der Waals surface area contributed by atoms with E-state index in [1.54, 1.807) is 24.3 Å². The van der Waals surface area contributed by atoms with E-state index >= 15 is 0 Å². The van der Waals surface area contributed by atoms with Gasteiger partial charge in [-0.3, -0.25) is 9.10 Å². The Morgan fingerprint density at radius 2 is 1.81 bits per heavy atom. The topological polar surface area (TPSA) is 88.1 Å². The number of rotatable bonds is 8. The van der Waals surface area contributed by atoms with Crippen molar-refractivity contribution in [1.82, 2.24) is 5.43 Å². The maximum atomic E-state index is 13.0. The fourth-order valence-corrected chi connectivity index (χ4v) is 3.03. The molecule has 0 fully saturated rings. The molecule has 7 nitrogen and oxygen atoms in total. The van der Waals surface area contributed by atoms with E-state index in [1.165, 1.54) is 18.3 Å². The molecule has 0 aliphatic carbocycles. The van der Waals surface area contributed by atoms with Gasteiger partial charge in [0.15, 0.2) is 0 Å². The van der Waals surface area contributed by atoms with Crippen LogP contribution in [-0.2, 0) is 14.8 Å². The Morgan fingerprint density at radius 3 is 2.37 bits per heavy atom. The van der Waals surface area contributed by atoms with E-state index in [-0.39, 0.29) is 5.69 Å². The lowest BCUT2D eigenvalue weighted by Crippen LogP contribution is -2.39. The van der Waals surface area contributed by atoms with Gasteiger partial charge >= 0.3 is 0 Å². The number of nitrogens with one attached hydrogen (secondary N) is 1. The van der Waals surface area contributed by atoms with Crippen LogP contribution in [0.1, 0.15) is 12.5 Å². The molecule has 2 aromatic rings. The predicted octanol–water partition coefficient (Wildman–Crippen LogP) is 2.14. The van der Waals surface area contributed by atoms with Gasteiger partial charge in [0.25, 0.3) is 5.91 Å². The number of ether oxygens (including phenoxy) is 1. The van der Waals surface area contributed by atoms with Crippen molar-refractivity contribution in [3.05, 3.63) is 59.9 Å². The molecule has 0 spiro atoms. The monoisotopic (exact) mass is 393 g/mol. The first kappa shape index (κ1) is 20.4. The number of hydrogen-bond donors (Lipinski definition) is 1. The van der Waals surface area contributed by atoms with Crippen LogP contribution in [0, 0.1) is 5.82 Å². The summed E-state index contributed by atoms with van der Waals surface area (Å²) in [5, 5.41) is 3.81. The molecule has 0 aromatic heterocycles. The molecule has 0 atom stereocenters. The maximum Gasteiger partial charge on any atom is 0.260 e. The van der Waals surface area contributed by atoms with E-state index < -0.39 is 28.3 Å². The number of halogens is 1. The quantitative estimate of drug-likeness (QED) is 0.550. The van der Waals surface area contributed by atoms with Gasteiger partial charge in [-0.05, 0) is 61.0 Å². The molecule has 0 heterocycles. The van der Waals surface area contributed by atoms with Gasteiger partial charge in [-0.2, -0.15) is 5.10 Å². The Bertz CT molecular complexity index is 897. The van der Waals surface area contributed by atoms with Crippen LogP contribution in [0.15, 0.2) is 53.6 Å². The molecular weight excluding hydrogens is 373 g/mol. The fourth-order valence-electron chi connectivity index (χ4n) is 2.17. The number of carbonyl (C=O) groups is 1. The highest BCUT2D eigenvalue weighted by Crippen LogP contribution is 2.17. The number of anilines is 1. The number of hydrazone groups is 1. The van der Waals surface area contributed by atoms with Gasteiger partial charge in [0.05, 0.1) is 24.8 Å². The minimum atomic E-state index is -3.73. The van der Waals surface area contributed by atoms with Crippen LogP contribution in [0.4, 0.5) is 10.1 Å². The zero-order valence-electron chi connectivity index (χ0n) is 14.9. The highest BCUT2D eigenvalue weighted by molar-refractivity contribution is 7.92. The van der Waals surface area contributed by atoms with Crippen molar-refractivity contribution in [2.75, 3.05) is 23.7 Å². The molecule has 2 rings (SSSR count). The number of sulfonamides is 1. The van der Waals surface area contributed by atoms with E-state index in [9.17, 15) is 17.6 Å². The van der Waals surface area contributed by atoms with E-state index in [2.05, 4.69) is 10.5 Å². The summed E-state index contributed by atoms with van der Waals surface area (Å²) in [4.78, 5) is 12.0. The third-order valence-corrected chi connectivity index (χ3v) is 4.54. The molecule has 0 bridgehead atoms. The molecule has 0 unspecified atom stereocenters. The lowest BCUT2D eigenvalue weighted by Gasteiger charge is -2.21. The number of amides is 1. The molecular formula is C18H20FN3O4S. The molecule has 0 saturated heterocycles. The summed E-state index contributed by atoms with van der Waals surface area (Å²) in [5.41, 5.74) is 3.19. The van der Waals surface area contributed by atoms with Crippen molar-refractivity contribution >= 4 is 27.8 Å². The smallest absolute Gasteiger partial charge is 0.260 e. The molecule has 9 heteroatoms. The van der Waals surface area contributed by atoms with Gasteiger partial charge < -0.3 is 4.74 Å². The molecule has 2 aromatic carbocycles. The minimum Gasteiger partial charge on any atom is -0.494 e. The van der Waals surface area contributed by atoms with Gasteiger partial charge in [0.1, 0.15) is 18.1 Å². The Morgan fingerprint density at radius 1 is 1.19 bits per heavy atom. The van der Waals surface area contributed by atoms with E-state index in [0.717, 1.165) is 34.0 Å². The van der Waals surface area contributed by atoms with Crippen LogP contribution in [0.25, 0.3) is 0 Å². The molecule has 0 aliphatic rings. The maximum absolute atomic E-state index is 13.0. The summed E-state index contributed by atoms with van der Waals surface area (Å²) < 4.78 is 43.1. The lowest BCUT2D eigenvalue weighted by molar-refractivity contribution is -0.119. The molecule has 1 amide bonds. The number of carbonyl (C=O) groups excluding carboxylic acids is 1. The largest absolute Gasteiger partial charge is 0.494 e. The van der Waals surface area contributed by atoms with Gasteiger partial charge in [-0.15, -0.1) is 0 Å². The van der Waals surface area contributed by atoms with Crippen molar-refractivity contribution in [2.24, 2.45) is 5.10 Å². The van der Waals surface area contributed by atoms with Gasteiger partial charge in [-0.25, -0.2) is 18.2 Å². The zero-order valence-corrected chi connectivity index (χ0v) is 15.7. The average Bonchev–Trinajstić information content (AvgIpc) is 2.61. The SMILES string of the molecule is CCOc1ccc(/C=N\NC(=O)CN(c2ccc(F)cc2)S(C)(=O)=O)cc1. The standard InChI is InChI=1S/C18H20FN3O4S/c1-3-26-17-10-4-14(5-11-17)12-20-21-18(23)13-22(27(2,24)25)16-8-6-15(19)7-9-16/h4-12H,3,13H2,1-2H3,(H,21,23)/b20-12-. The van der Waals surface area contributed by atoms with Crippen molar-refractivity contribution in [3.8, 4) is 5.75 Å². The molecule has 0 aliphatic heterocycles. The summed E-state index contributed by atoms with van der Waals surface area (Å²) in [7, 11) is -3.73. The summed E-state index contributed by atoms with van der Waals surface area (Å²) in [6, 6.07) is 11.9. The third-order valence-electron chi connectivity index (χ3n) is 3.40. The Labute approximate surface area is 157 Å². The predicted molar refractivity (Wildman–Crippen MR) is 102 cm³/mol. The Hall–Kier alpha value is -2.94. The third kappa shape index (κ3) is 6.37. The van der Waals surface area contributed by atoms with Crippen LogP contribution in [0.2, 0.25) is 0 Å². The highest BCUT2D eigenvalue weighted by Gasteiger charge is 2.20. The zero-order chi connectivity index (χ0) is 19.9. The minimum absolute atomic E-state index is 0.185. The number of hydrogen-bond acceptors (Lipinski definition) is 5. The Balaban J connectivity index is 2.00. The van der Waals surface area contributed by atoms with E-state index in [1.807, 2.05) is 6.92 Å². The first-order valence-corrected chi connectivity index (χ1v) is 9.92. The normalized spacial score (nSPS) is 11.4. The molecule has 0 saturated carbocycles. The average molecular weight is 393 g/mol. The highest BCUT2D eigenvalue weighted by atomic mass is 32.2. The molecule has 144 valence electrons. The van der Waals surface area contributed by atoms with Gasteiger partial charge in [-0.1, -0.05) is 0 Å². The first-order valence-electron chi connectivity index (χ1n) is 8.07. The molecule has 0 radical (unpaired) electrons. The Kier molecular flexibility index (Phi) is 6.89. The van der Waals surface area contributed by atoms with Crippen LogP contribution >= 0.6 is 0 Å². The molecule has 1 N–H and O–H groups in total. The van der Waals surface area contributed by atoms with Crippen molar-refractivity contribution < 1.29 is 22.3 Å². The van der Waals surface area contributed by atoms with E-state index in [4.69, 9.17) is 4.74 Å². The lowest BCUT2D eigenvalue weighted by atomic mass is 10.2. The summed E-state index contributed by atoms with van der Waals surface area (Å²) in [6.07, 6.45) is 2.39. The van der Waals surface area contributed by atoms with Crippen LogP contribution in [0.5, 0.6) is 5.75 Å². The first-order chi connectivity index (χ1) is 12.8. The van der Waals surface area contributed by atoms with E-state index in [0.29, 0.717) is 6.61 Å². The van der Waals surface area contributed by atoms with Crippen molar-refractivity contribution in [2.45, 2.75) is 6.92 Å². The second-order valence-corrected chi connectivity index (χ2v) is 7.45. The number of nitrogens with zero attached hydrogens (tertiary/aromatic N) is 2. The van der Waals surface area contributed by atoms with Gasteiger partial charge in [0.2, 0.25) is 10.0 Å². The van der Waals surface area contributed by atoms with Crippen molar-refractivity contribution in [1.29, 1.82) is 0 Å². The summed E-state index contributed by atoms with van der Waals surface area (Å²) >= 11 is 0. The van der Waals surface area contributed by atoms with Gasteiger partial charge in [0, 0.05) is 0 Å². The van der Waals surface area contributed by atoms with Crippen LogP contribution in [-0.4, -0.2) is 39.9 Å². The number of benzene rings is 2. The second-order valence-electron chi connectivity index (χ2n) is 5.54. The summed E-state index contributed by atoms with van der Waals surface area (Å²) in [6.45, 7) is 1.97. The fraction of sp³-hybridized carbons (Fsp3) is 0.222. The van der Waals surface area contributed by atoms with Crippen LogP contribution in [0.3, 0.4) is 0 Å². The van der Waals surface area contributed by atoms with Crippen molar-refractivity contribution in [3.63, 3.8) is 0 Å².